The van der Waals surface area contributed by atoms with Crippen LogP contribution in [0.2, 0.25) is 0 Å². The Kier molecular flexibility index (Phi) is 4.23. The number of sulfonamides is 1. The van der Waals surface area contributed by atoms with Gasteiger partial charge in [0.05, 0.1) is 11.0 Å². The highest BCUT2D eigenvalue weighted by molar-refractivity contribution is 7.89. The van der Waals surface area contributed by atoms with Crippen molar-refractivity contribution in [2.75, 3.05) is 6.54 Å². The molecule has 2 unspecified atom stereocenters. The lowest BCUT2D eigenvalue weighted by molar-refractivity contribution is 0.178. The molecule has 1 aliphatic rings. The third-order valence-corrected chi connectivity index (χ3v) is 4.95. The summed E-state index contributed by atoms with van der Waals surface area (Å²) in [7, 11) is -3.68. The summed E-state index contributed by atoms with van der Waals surface area (Å²) in [5.41, 5.74) is 0.415. The average Bonchev–Trinajstić information content (AvgIpc) is 2.76. The van der Waals surface area contributed by atoms with Gasteiger partial charge in [0.25, 0.3) is 0 Å². The first-order valence-electron chi connectivity index (χ1n) is 6.32. The van der Waals surface area contributed by atoms with Gasteiger partial charge in [0.2, 0.25) is 10.0 Å². The van der Waals surface area contributed by atoms with Gasteiger partial charge in [-0.3, -0.25) is 0 Å². The maximum atomic E-state index is 13.4. The average molecular weight is 287 g/mol. The van der Waals surface area contributed by atoms with Gasteiger partial charge in [0, 0.05) is 6.54 Å². The zero-order chi connectivity index (χ0) is 14.0. The third-order valence-electron chi connectivity index (χ3n) is 3.53. The first-order valence-corrected chi connectivity index (χ1v) is 7.80. The molecule has 4 nitrogen and oxygen atoms in total. The number of aliphatic hydroxyl groups excluding tert-OH is 1. The van der Waals surface area contributed by atoms with Crippen LogP contribution in [0.3, 0.4) is 0 Å². The predicted octanol–water partition coefficient (Wildman–Crippen LogP) is 1.57. The topological polar surface area (TPSA) is 66.4 Å². The first-order chi connectivity index (χ1) is 8.88. The fourth-order valence-corrected chi connectivity index (χ4v) is 3.41. The summed E-state index contributed by atoms with van der Waals surface area (Å²) >= 11 is 0. The van der Waals surface area contributed by atoms with Crippen LogP contribution in [0, 0.1) is 18.7 Å². The molecule has 0 spiro atoms. The first kappa shape index (κ1) is 14.4. The summed E-state index contributed by atoms with van der Waals surface area (Å²) in [6.07, 6.45) is 1.81. The summed E-state index contributed by atoms with van der Waals surface area (Å²) in [5, 5.41) is 9.39. The number of benzene rings is 1. The molecule has 1 aromatic rings. The van der Waals surface area contributed by atoms with Crippen LogP contribution in [-0.4, -0.2) is 26.2 Å². The van der Waals surface area contributed by atoms with Crippen molar-refractivity contribution in [1.82, 2.24) is 4.72 Å². The van der Waals surface area contributed by atoms with E-state index in [0.29, 0.717) is 18.4 Å². The van der Waals surface area contributed by atoms with Gasteiger partial charge in [-0.2, -0.15) is 0 Å². The van der Waals surface area contributed by atoms with Gasteiger partial charge < -0.3 is 5.11 Å². The molecular formula is C13H18FNO3S. The number of rotatable bonds is 4. The van der Waals surface area contributed by atoms with Gasteiger partial charge in [-0.25, -0.2) is 17.5 Å². The lowest BCUT2D eigenvalue weighted by atomic mass is 10.1. The molecule has 106 valence electrons. The molecule has 0 bridgehead atoms. The van der Waals surface area contributed by atoms with E-state index in [-0.39, 0.29) is 23.5 Å². The summed E-state index contributed by atoms with van der Waals surface area (Å²) in [5.74, 6) is -0.376. The standard InChI is InChI=1S/C13H18FNO3S/c1-9-2-5-12(7-13(9)14)19(17,18)15-8-10-3-4-11(16)6-10/h2,5,7,10-11,15-16H,3-4,6,8H2,1H3. The molecular weight excluding hydrogens is 269 g/mol. The van der Waals surface area contributed by atoms with Crippen molar-refractivity contribution < 1.29 is 17.9 Å². The Morgan fingerprint density at radius 1 is 1.42 bits per heavy atom. The Balaban J connectivity index is 2.03. The van der Waals surface area contributed by atoms with Crippen molar-refractivity contribution in [2.45, 2.75) is 37.2 Å². The zero-order valence-corrected chi connectivity index (χ0v) is 11.6. The largest absolute Gasteiger partial charge is 0.393 e. The van der Waals surface area contributed by atoms with E-state index in [1.165, 1.54) is 12.1 Å². The Morgan fingerprint density at radius 2 is 2.16 bits per heavy atom. The SMILES string of the molecule is Cc1ccc(S(=O)(=O)NCC2CCC(O)C2)cc1F. The predicted molar refractivity (Wildman–Crippen MR) is 69.7 cm³/mol. The van der Waals surface area contributed by atoms with Crippen molar-refractivity contribution in [2.24, 2.45) is 5.92 Å². The minimum absolute atomic E-state index is 0.0610. The van der Waals surface area contributed by atoms with Gasteiger partial charge in [-0.15, -0.1) is 0 Å². The summed E-state index contributed by atoms with van der Waals surface area (Å²) in [6.45, 7) is 1.87. The molecule has 19 heavy (non-hydrogen) atoms. The van der Waals surface area contributed by atoms with Crippen LogP contribution in [0.1, 0.15) is 24.8 Å². The van der Waals surface area contributed by atoms with Gasteiger partial charge >= 0.3 is 0 Å². The second kappa shape index (κ2) is 5.56. The zero-order valence-electron chi connectivity index (χ0n) is 10.8. The lowest BCUT2D eigenvalue weighted by Crippen LogP contribution is -2.29. The number of halogens is 1. The van der Waals surface area contributed by atoms with Gasteiger partial charge in [-0.05, 0) is 49.8 Å². The third kappa shape index (κ3) is 3.52. The molecule has 2 atom stereocenters. The van der Waals surface area contributed by atoms with E-state index in [2.05, 4.69) is 4.72 Å². The van der Waals surface area contributed by atoms with Crippen LogP contribution in [0.5, 0.6) is 0 Å². The quantitative estimate of drug-likeness (QED) is 0.883. The molecule has 1 fully saturated rings. The Hall–Kier alpha value is -0.980. The second-order valence-corrected chi connectivity index (χ2v) is 6.86. The maximum absolute atomic E-state index is 13.4. The highest BCUT2D eigenvalue weighted by atomic mass is 32.2. The van der Waals surface area contributed by atoms with Gasteiger partial charge in [0.1, 0.15) is 5.82 Å². The van der Waals surface area contributed by atoms with E-state index in [0.717, 1.165) is 12.5 Å². The molecule has 0 aromatic heterocycles. The summed E-state index contributed by atoms with van der Waals surface area (Å²) in [4.78, 5) is -0.0610. The molecule has 1 aliphatic carbocycles. The van der Waals surface area contributed by atoms with E-state index in [9.17, 15) is 17.9 Å². The summed E-state index contributed by atoms with van der Waals surface area (Å²) in [6, 6.07) is 3.87. The van der Waals surface area contributed by atoms with E-state index in [4.69, 9.17) is 0 Å². The Morgan fingerprint density at radius 3 is 2.74 bits per heavy atom. The van der Waals surface area contributed by atoms with Gasteiger partial charge in [-0.1, -0.05) is 6.07 Å². The molecule has 0 saturated heterocycles. The van der Waals surface area contributed by atoms with Crippen LogP contribution < -0.4 is 4.72 Å². The molecule has 1 saturated carbocycles. The van der Waals surface area contributed by atoms with Crippen molar-refractivity contribution in [3.63, 3.8) is 0 Å². The second-order valence-electron chi connectivity index (χ2n) is 5.10. The van der Waals surface area contributed by atoms with Crippen LogP contribution in [0.25, 0.3) is 0 Å². The van der Waals surface area contributed by atoms with Crippen molar-refractivity contribution in [1.29, 1.82) is 0 Å². The highest BCUT2D eigenvalue weighted by Crippen LogP contribution is 2.25. The smallest absolute Gasteiger partial charge is 0.240 e. The minimum Gasteiger partial charge on any atom is -0.393 e. The van der Waals surface area contributed by atoms with Crippen LogP contribution in [0.4, 0.5) is 4.39 Å². The molecule has 2 N–H and O–H groups in total. The van der Waals surface area contributed by atoms with Crippen LogP contribution >= 0.6 is 0 Å². The van der Waals surface area contributed by atoms with Gasteiger partial charge in [0.15, 0.2) is 0 Å². The maximum Gasteiger partial charge on any atom is 0.240 e. The number of hydrogen-bond donors (Lipinski definition) is 2. The van der Waals surface area contributed by atoms with E-state index in [1.54, 1.807) is 6.92 Å². The highest BCUT2D eigenvalue weighted by Gasteiger charge is 2.24. The molecule has 2 rings (SSSR count). The van der Waals surface area contributed by atoms with E-state index >= 15 is 0 Å². The van der Waals surface area contributed by atoms with E-state index < -0.39 is 15.8 Å². The molecule has 0 amide bonds. The monoisotopic (exact) mass is 287 g/mol. The Labute approximate surface area is 112 Å². The number of aliphatic hydroxyl groups is 1. The number of hydrogen-bond acceptors (Lipinski definition) is 3. The van der Waals surface area contributed by atoms with Crippen molar-refractivity contribution >= 4 is 10.0 Å². The minimum atomic E-state index is -3.68. The normalized spacial score (nSPS) is 23.7. The van der Waals surface area contributed by atoms with Crippen LogP contribution in [-0.2, 0) is 10.0 Å². The summed E-state index contributed by atoms with van der Waals surface area (Å²) < 4.78 is 39.8. The molecule has 1 aromatic carbocycles. The molecule has 0 radical (unpaired) electrons. The van der Waals surface area contributed by atoms with Crippen molar-refractivity contribution in [3.05, 3.63) is 29.6 Å². The van der Waals surface area contributed by atoms with E-state index in [1.807, 2.05) is 0 Å². The fourth-order valence-electron chi connectivity index (χ4n) is 2.29. The lowest BCUT2D eigenvalue weighted by Gasteiger charge is -2.12. The molecule has 0 heterocycles. The van der Waals surface area contributed by atoms with Crippen LogP contribution in [0.15, 0.2) is 23.1 Å². The number of aryl methyl sites for hydroxylation is 1. The number of nitrogens with one attached hydrogen (secondary N) is 1. The Bertz CT molecular complexity index is 559. The van der Waals surface area contributed by atoms with Crippen molar-refractivity contribution in [3.8, 4) is 0 Å². The molecule has 0 aliphatic heterocycles. The molecule has 6 heteroatoms. The fraction of sp³-hybridized carbons (Fsp3) is 0.538.